The molecular weight excluding hydrogens is 432 g/mol. The van der Waals surface area contributed by atoms with Gasteiger partial charge in [0, 0.05) is 17.4 Å². The molecule has 0 radical (unpaired) electrons. The van der Waals surface area contributed by atoms with Crippen molar-refractivity contribution in [3.63, 3.8) is 0 Å². The van der Waals surface area contributed by atoms with E-state index in [4.69, 9.17) is 21.1 Å². The predicted octanol–water partition coefficient (Wildman–Crippen LogP) is 3.01. The summed E-state index contributed by atoms with van der Waals surface area (Å²) in [5.74, 6) is 0.555. The fraction of sp³-hybridized carbons (Fsp3) is 0.520. The van der Waals surface area contributed by atoms with Crippen molar-refractivity contribution in [2.45, 2.75) is 62.6 Å². The lowest BCUT2D eigenvalue weighted by atomic mass is 9.60. The zero-order chi connectivity index (χ0) is 22.9. The van der Waals surface area contributed by atoms with Gasteiger partial charge in [-0.25, -0.2) is 0 Å². The summed E-state index contributed by atoms with van der Waals surface area (Å²) in [4.78, 5) is 0. The molecule has 2 aliphatic rings. The Morgan fingerprint density at radius 1 is 1.16 bits per heavy atom. The second kappa shape index (κ2) is 9.67. The lowest BCUT2D eigenvalue weighted by molar-refractivity contribution is -0.296. The molecule has 0 spiro atoms. The number of aliphatic hydroxyl groups excluding tert-OH is 4. The van der Waals surface area contributed by atoms with Crippen LogP contribution in [-0.2, 0) is 11.2 Å². The van der Waals surface area contributed by atoms with Gasteiger partial charge in [-0.15, -0.1) is 0 Å². The summed E-state index contributed by atoms with van der Waals surface area (Å²) in [5.41, 5.74) is 1.93. The first-order valence-electron chi connectivity index (χ1n) is 11.2. The van der Waals surface area contributed by atoms with Gasteiger partial charge in [-0.3, -0.25) is 0 Å². The smallest absolute Gasteiger partial charge is 0.119 e. The molecule has 1 aliphatic carbocycles. The fourth-order valence-electron chi connectivity index (χ4n) is 5.03. The Balaban J connectivity index is 1.57. The lowest BCUT2D eigenvalue weighted by Crippen LogP contribution is -2.64. The zero-order valence-electron chi connectivity index (χ0n) is 18.2. The molecule has 1 heterocycles. The number of rotatable bonds is 8. The summed E-state index contributed by atoms with van der Waals surface area (Å²) >= 11 is 6.47. The topological polar surface area (TPSA) is 99.4 Å². The van der Waals surface area contributed by atoms with Crippen molar-refractivity contribution < 1.29 is 29.9 Å². The Hall–Kier alpha value is -1.67. The standard InChI is InChI=1S/C25H31ClO6/c1-2-31-19-6-3-15(4-7-19)11-17-12-16(5-8-21(17)26)24-23(30)22(29)20-9-10-25(20,32-24)13-18(28)14-27/h3-8,12,18,20,22-24,27-30H,2,9-11,13-14H2,1H3/t18?,20-,22+,23-,24+,25+/m1/s1. The van der Waals surface area contributed by atoms with E-state index in [1.807, 2.05) is 37.3 Å². The maximum absolute atomic E-state index is 10.8. The SMILES string of the molecule is CCOc1ccc(Cc2cc([C@@H]3O[C@]4(CC(O)CO)CC[C@@H]4[C@H](O)[C@H]3O)ccc2Cl)cc1. The Labute approximate surface area is 193 Å². The summed E-state index contributed by atoms with van der Waals surface area (Å²) in [6.07, 6.45) is -1.51. The van der Waals surface area contributed by atoms with Crippen molar-refractivity contribution in [2.24, 2.45) is 5.92 Å². The summed E-state index contributed by atoms with van der Waals surface area (Å²) < 4.78 is 11.9. The van der Waals surface area contributed by atoms with Crippen LogP contribution < -0.4 is 4.74 Å². The number of ether oxygens (including phenoxy) is 2. The molecule has 1 saturated heterocycles. The molecule has 0 amide bonds. The lowest BCUT2D eigenvalue weighted by Gasteiger charge is -2.58. The van der Waals surface area contributed by atoms with Gasteiger partial charge in [0.2, 0.25) is 0 Å². The first kappa shape index (κ1) is 23.5. The summed E-state index contributed by atoms with van der Waals surface area (Å²) in [6, 6.07) is 13.3. The number of halogens is 1. The van der Waals surface area contributed by atoms with Crippen molar-refractivity contribution in [3.05, 3.63) is 64.2 Å². The van der Waals surface area contributed by atoms with Crippen LogP contribution in [0.3, 0.4) is 0 Å². The highest BCUT2D eigenvalue weighted by molar-refractivity contribution is 6.31. The highest BCUT2D eigenvalue weighted by atomic mass is 35.5. The van der Waals surface area contributed by atoms with Crippen molar-refractivity contribution in [2.75, 3.05) is 13.2 Å². The van der Waals surface area contributed by atoms with Crippen molar-refractivity contribution >= 4 is 11.6 Å². The molecule has 1 aliphatic heterocycles. The van der Waals surface area contributed by atoms with E-state index in [1.165, 1.54) is 0 Å². The van der Waals surface area contributed by atoms with Crippen molar-refractivity contribution in [1.29, 1.82) is 0 Å². The van der Waals surface area contributed by atoms with Crippen LogP contribution in [0.15, 0.2) is 42.5 Å². The van der Waals surface area contributed by atoms with Gasteiger partial charge >= 0.3 is 0 Å². The van der Waals surface area contributed by atoms with E-state index in [2.05, 4.69) is 0 Å². The zero-order valence-corrected chi connectivity index (χ0v) is 18.9. The second-order valence-corrected chi connectivity index (χ2v) is 9.28. The van der Waals surface area contributed by atoms with E-state index in [1.54, 1.807) is 12.1 Å². The molecule has 6 atom stereocenters. The molecule has 2 fully saturated rings. The Morgan fingerprint density at radius 2 is 1.91 bits per heavy atom. The third-order valence-corrected chi connectivity index (χ3v) is 7.18. The summed E-state index contributed by atoms with van der Waals surface area (Å²) in [7, 11) is 0. The van der Waals surface area contributed by atoms with E-state index >= 15 is 0 Å². The predicted molar refractivity (Wildman–Crippen MR) is 121 cm³/mol. The molecule has 2 aromatic carbocycles. The van der Waals surface area contributed by atoms with Crippen LogP contribution in [0.4, 0.5) is 0 Å². The minimum Gasteiger partial charge on any atom is -0.494 e. The van der Waals surface area contributed by atoms with Gasteiger partial charge in [0.25, 0.3) is 0 Å². The van der Waals surface area contributed by atoms with Gasteiger partial charge < -0.3 is 29.9 Å². The third-order valence-electron chi connectivity index (χ3n) is 6.81. The van der Waals surface area contributed by atoms with Crippen LogP contribution in [0, 0.1) is 5.92 Å². The van der Waals surface area contributed by atoms with Gasteiger partial charge in [-0.05, 0) is 61.1 Å². The highest BCUT2D eigenvalue weighted by Crippen LogP contribution is 2.54. The number of hydrogen-bond donors (Lipinski definition) is 4. The molecule has 32 heavy (non-hydrogen) atoms. The molecule has 7 heteroatoms. The molecule has 2 aromatic rings. The van der Waals surface area contributed by atoms with E-state index < -0.39 is 30.0 Å². The number of aliphatic hydroxyl groups is 4. The first-order valence-corrected chi connectivity index (χ1v) is 11.6. The second-order valence-electron chi connectivity index (χ2n) is 8.87. The Bertz CT molecular complexity index is 919. The van der Waals surface area contributed by atoms with Crippen molar-refractivity contribution in [3.8, 4) is 5.75 Å². The van der Waals surface area contributed by atoms with Gasteiger partial charge in [0.15, 0.2) is 0 Å². The van der Waals surface area contributed by atoms with E-state index in [0.717, 1.165) is 22.4 Å². The van der Waals surface area contributed by atoms with Crippen LogP contribution in [0.25, 0.3) is 0 Å². The molecule has 1 saturated carbocycles. The van der Waals surface area contributed by atoms with Crippen LogP contribution in [0.5, 0.6) is 5.75 Å². The maximum atomic E-state index is 10.8. The summed E-state index contributed by atoms with van der Waals surface area (Å²) in [5, 5.41) is 41.5. The van der Waals surface area contributed by atoms with E-state index in [0.29, 0.717) is 30.9 Å². The molecule has 0 bridgehead atoms. The fourth-order valence-corrected chi connectivity index (χ4v) is 5.21. The molecule has 0 aromatic heterocycles. The average molecular weight is 463 g/mol. The minimum absolute atomic E-state index is 0.223. The Morgan fingerprint density at radius 3 is 2.53 bits per heavy atom. The average Bonchev–Trinajstić information content (AvgIpc) is 2.77. The van der Waals surface area contributed by atoms with Crippen LogP contribution in [0.2, 0.25) is 5.02 Å². The number of benzene rings is 2. The Kier molecular flexibility index (Phi) is 7.10. The quantitative estimate of drug-likeness (QED) is 0.481. The van der Waals surface area contributed by atoms with Gasteiger partial charge in [-0.2, -0.15) is 0 Å². The third kappa shape index (κ3) is 4.53. The minimum atomic E-state index is -1.08. The first-order chi connectivity index (χ1) is 15.4. The summed E-state index contributed by atoms with van der Waals surface area (Å²) in [6.45, 7) is 2.19. The molecule has 174 valence electrons. The molecule has 4 N–H and O–H groups in total. The maximum Gasteiger partial charge on any atom is 0.119 e. The number of fused-ring (bicyclic) bond motifs is 1. The number of hydrogen-bond acceptors (Lipinski definition) is 6. The van der Waals surface area contributed by atoms with E-state index in [9.17, 15) is 20.4 Å². The van der Waals surface area contributed by atoms with Crippen molar-refractivity contribution in [1.82, 2.24) is 0 Å². The molecular formula is C25H31ClO6. The van der Waals surface area contributed by atoms with Crippen LogP contribution in [-0.4, -0.2) is 57.6 Å². The molecule has 6 nitrogen and oxygen atoms in total. The largest absolute Gasteiger partial charge is 0.494 e. The highest BCUT2D eigenvalue weighted by Gasteiger charge is 2.59. The van der Waals surface area contributed by atoms with Crippen LogP contribution >= 0.6 is 11.6 Å². The van der Waals surface area contributed by atoms with Gasteiger partial charge in [0.05, 0.1) is 31.0 Å². The van der Waals surface area contributed by atoms with Gasteiger partial charge in [0.1, 0.15) is 18.0 Å². The monoisotopic (exact) mass is 462 g/mol. The van der Waals surface area contributed by atoms with Crippen LogP contribution in [0.1, 0.15) is 49.0 Å². The normalized spacial score (nSPS) is 30.3. The van der Waals surface area contributed by atoms with Gasteiger partial charge in [-0.1, -0.05) is 35.9 Å². The molecule has 1 unspecified atom stereocenters. The molecule has 4 rings (SSSR count). The van der Waals surface area contributed by atoms with E-state index in [-0.39, 0.29) is 18.9 Å².